The van der Waals surface area contributed by atoms with E-state index in [2.05, 4.69) is 10.2 Å². The first-order chi connectivity index (χ1) is 10.3. The van der Waals surface area contributed by atoms with E-state index in [1.54, 1.807) is 4.90 Å². The Bertz CT molecular complexity index is 705. The van der Waals surface area contributed by atoms with Gasteiger partial charge in [-0.25, -0.2) is 0 Å². The largest absolute Gasteiger partial charge is 0.490 e. The number of benzene rings is 1. The number of aromatic amines is 1. The fourth-order valence-electron chi connectivity index (χ4n) is 2.72. The second kappa shape index (κ2) is 4.51. The maximum atomic E-state index is 12.7. The molecule has 6 nitrogen and oxygen atoms in total. The number of hydrogen-bond acceptors (Lipinski definition) is 4. The van der Waals surface area contributed by atoms with Crippen LogP contribution in [0.3, 0.4) is 0 Å². The summed E-state index contributed by atoms with van der Waals surface area (Å²) in [6.45, 7) is 0.976. The molecule has 0 radical (unpaired) electrons. The number of nitrogens with one attached hydrogen (secondary N) is 1. The number of carbonyl (C=O) groups excluding carboxylic acids is 1. The molecular formula is C15H16N4O2. The second-order valence-electron chi connectivity index (χ2n) is 5.45. The van der Waals surface area contributed by atoms with E-state index < -0.39 is 0 Å². The number of nitrogen functional groups attached to an aromatic ring is 1. The van der Waals surface area contributed by atoms with Crippen LogP contribution in [-0.4, -0.2) is 29.3 Å². The van der Waals surface area contributed by atoms with Gasteiger partial charge in [-0.2, -0.15) is 5.10 Å². The van der Waals surface area contributed by atoms with Crippen LogP contribution in [-0.2, 0) is 0 Å². The lowest BCUT2D eigenvalue weighted by atomic mass is 10.2. The number of anilines is 2. The number of rotatable bonds is 2. The summed E-state index contributed by atoms with van der Waals surface area (Å²) in [4.78, 5) is 14.4. The number of para-hydroxylation sites is 2. The quantitative estimate of drug-likeness (QED) is 0.882. The molecule has 0 bridgehead atoms. The molecule has 21 heavy (non-hydrogen) atoms. The molecule has 0 atom stereocenters. The van der Waals surface area contributed by atoms with Crippen LogP contribution >= 0.6 is 0 Å². The molecule has 0 saturated heterocycles. The van der Waals surface area contributed by atoms with Crippen molar-refractivity contribution in [2.45, 2.75) is 18.8 Å². The Hall–Kier alpha value is -2.50. The number of ether oxygens (including phenoxy) is 1. The van der Waals surface area contributed by atoms with Gasteiger partial charge < -0.3 is 10.5 Å². The van der Waals surface area contributed by atoms with E-state index >= 15 is 0 Å². The van der Waals surface area contributed by atoms with Crippen molar-refractivity contribution >= 4 is 17.3 Å². The highest BCUT2D eigenvalue weighted by Gasteiger charge is 2.33. The highest BCUT2D eigenvalue weighted by atomic mass is 16.5. The second-order valence-corrected chi connectivity index (χ2v) is 5.45. The number of fused-ring (bicyclic) bond motifs is 1. The van der Waals surface area contributed by atoms with Gasteiger partial charge in [-0.15, -0.1) is 0 Å². The number of H-pyrrole nitrogens is 1. The summed E-state index contributed by atoms with van der Waals surface area (Å²) < 4.78 is 5.57. The van der Waals surface area contributed by atoms with Crippen molar-refractivity contribution in [1.29, 1.82) is 0 Å². The number of nitrogens with zero attached hydrogens (tertiary/aromatic N) is 2. The Morgan fingerprint density at radius 3 is 3.00 bits per heavy atom. The molecule has 0 spiro atoms. The third-order valence-corrected chi connectivity index (χ3v) is 4.00. The molecule has 1 amide bonds. The van der Waals surface area contributed by atoms with E-state index in [4.69, 9.17) is 10.5 Å². The van der Waals surface area contributed by atoms with Crippen LogP contribution in [0.1, 0.15) is 34.9 Å². The van der Waals surface area contributed by atoms with E-state index in [0.29, 0.717) is 36.2 Å². The van der Waals surface area contributed by atoms with Crippen LogP contribution in [0.5, 0.6) is 5.75 Å². The van der Waals surface area contributed by atoms with Crippen LogP contribution < -0.4 is 15.4 Å². The van der Waals surface area contributed by atoms with E-state index in [9.17, 15) is 4.79 Å². The highest BCUT2D eigenvalue weighted by Crippen LogP contribution is 2.42. The van der Waals surface area contributed by atoms with Crippen molar-refractivity contribution in [2.24, 2.45) is 0 Å². The normalized spacial score (nSPS) is 17.2. The molecule has 1 aliphatic heterocycles. The summed E-state index contributed by atoms with van der Waals surface area (Å²) in [5, 5.41) is 7.07. The first kappa shape index (κ1) is 12.3. The van der Waals surface area contributed by atoms with Gasteiger partial charge in [-0.05, 0) is 25.0 Å². The molecule has 6 heteroatoms. The van der Waals surface area contributed by atoms with Gasteiger partial charge in [-0.3, -0.25) is 14.8 Å². The van der Waals surface area contributed by atoms with Gasteiger partial charge in [0.2, 0.25) is 0 Å². The van der Waals surface area contributed by atoms with E-state index in [1.165, 1.54) is 0 Å². The van der Waals surface area contributed by atoms with Gasteiger partial charge in [-0.1, -0.05) is 12.1 Å². The van der Waals surface area contributed by atoms with Crippen molar-refractivity contribution in [1.82, 2.24) is 10.2 Å². The number of nitrogens with two attached hydrogens (primary N) is 1. The zero-order valence-electron chi connectivity index (χ0n) is 11.5. The Balaban J connectivity index is 1.69. The Morgan fingerprint density at radius 2 is 2.19 bits per heavy atom. The monoisotopic (exact) mass is 284 g/mol. The summed E-state index contributed by atoms with van der Waals surface area (Å²) in [6.07, 6.45) is 2.22. The molecule has 1 saturated carbocycles. The molecule has 1 aromatic heterocycles. The van der Waals surface area contributed by atoms with Crippen LogP contribution in [0.2, 0.25) is 0 Å². The Labute approximate surface area is 121 Å². The van der Waals surface area contributed by atoms with Crippen molar-refractivity contribution in [3.05, 3.63) is 35.7 Å². The molecule has 4 rings (SSSR count). The maximum Gasteiger partial charge on any atom is 0.281 e. The summed E-state index contributed by atoms with van der Waals surface area (Å²) in [5.41, 5.74) is 8.58. The number of carbonyl (C=O) groups is 1. The predicted octanol–water partition coefficient (Wildman–Crippen LogP) is 1.91. The Kier molecular flexibility index (Phi) is 2.63. The molecule has 1 fully saturated rings. The van der Waals surface area contributed by atoms with Gasteiger partial charge in [0, 0.05) is 5.92 Å². The average molecular weight is 284 g/mol. The lowest BCUT2D eigenvalue weighted by Crippen LogP contribution is -2.38. The Morgan fingerprint density at radius 1 is 1.38 bits per heavy atom. The van der Waals surface area contributed by atoms with Gasteiger partial charge >= 0.3 is 0 Å². The first-order valence-corrected chi connectivity index (χ1v) is 7.13. The average Bonchev–Trinajstić information content (AvgIpc) is 3.29. The van der Waals surface area contributed by atoms with Gasteiger partial charge in [0.1, 0.15) is 12.4 Å². The minimum absolute atomic E-state index is 0.175. The van der Waals surface area contributed by atoms with E-state index in [1.807, 2.05) is 24.3 Å². The van der Waals surface area contributed by atoms with E-state index in [-0.39, 0.29) is 5.91 Å². The summed E-state index contributed by atoms with van der Waals surface area (Å²) in [7, 11) is 0. The molecule has 0 unspecified atom stereocenters. The minimum Gasteiger partial charge on any atom is -0.490 e. The fourth-order valence-corrected chi connectivity index (χ4v) is 2.72. The minimum atomic E-state index is -0.175. The molecule has 1 aromatic carbocycles. The number of hydrogen-bond donors (Lipinski definition) is 2. The van der Waals surface area contributed by atoms with E-state index in [0.717, 1.165) is 24.2 Å². The highest BCUT2D eigenvalue weighted by molar-refractivity contribution is 6.09. The first-order valence-electron chi connectivity index (χ1n) is 7.13. The van der Waals surface area contributed by atoms with Crippen LogP contribution in [0.25, 0.3) is 0 Å². The SMILES string of the molecule is Nc1c(C(=O)N2CCOc3ccccc32)n[nH]c1C1CC1. The summed E-state index contributed by atoms with van der Waals surface area (Å²) in [6, 6.07) is 7.51. The van der Waals surface area contributed by atoms with Crippen molar-refractivity contribution in [3.8, 4) is 5.75 Å². The zero-order valence-corrected chi connectivity index (χ0v) is 11.5. The lowest BCUT2D eigenvalue weighted by Gasteiger charge is -2.28. The topological polar surface area (TPSA) is 84.2 Å². The molecule has 2 heterocycles. The summed E-state index contributed by atoms with van der Waals surface area (Å²) >= 11 is 0. The number of amides is 1. The molecular weight excluding hydrogens is 268 g/mol. The van der Waals surface area contributed by atoms with Crippen LogP contribution in [0.15, 0.2) is 24.3 Å². The molecule has 2 aromatic rings. The maximum absolute atomic E-state index is 12.7. The number of aromatic nitrogens is 2. The van der Waals surface area contributed by atoms with Gasteiger partial charge in [0.05, 0.1) is 23.6 Å². The van der Waals surface area contributed by atoms with Crippen LogP contribution in [0, 0.1) is 0 Å². The summed E-state index contributed by atoms with van der Waals surface area (Å²) in [5.74, 6) is 0.982. The lowest BCUT2D eigenvalue weighted by molar-refractivity contribution is 0.0972. The molecule has 3 N–H and O–H groups in total. The third kappa shape index (κ3) is 1.94. The standard InChI is InChI=1S/C15H16N4O2/c16-12-13(9-5-6-9)17-18-14(12)15(20)19-7-8-21-11-4-2-1-3-10(11)19/h1-4,9H,5-8,16H2,(H,17,18). The van der Waals surface area contributed by atoms with Crippen LogP contribution in [0.4, 0.5) is 11.4 Å². The van der Waals surface area contributed by atoms with Crippen molar-refractivity contribution in [3.63, 3.8) is 0 Å². The van der Waals surface area contributed by atoms with Gasteiger partial charge in [0.15, 0.2) is 5.69 Å². The fraction of sp³-hybridized carbons (Fsp3) is 0.333. The molecule has 108 valence electrons. The predicted molar refractivity (Wildman–Crippen MR) is 78.6 cm³/mol. The smallest absolute Gasteiger partial charge is 0.281 e. The molecule has 2 aliphatic rings. The van der Waals surface area contributed by atoms with Gasteiger partial charge in [0.25, 0.3) is 5.91 Å². The third-order valence-electron chi connectivity index (χ3n) is 4.00. The van der Waals surface area contributed by atoms with Crippen molar-refractivity contribution < 1.29 is 9.53 Å². The molecule has 1 aliphatic carbocycles. The zero-order chi connectivity index (χ0) is 14.4. The van der Waals surface area contributed by atoms with Crippen molar-refractivity contribution in [2.75, 3.05) is 23.8 Å².